The van der Waals surface area contributed by atoms with Gasteiger partial charge in [0.1, 0.15) is 0 Å². The Kier molecular flexibility index (Phi) is 6.63. The first-order chi connectivity index (χ1) is 3.42. The molecule has 0 saturated carbocycles. The van der Waals surface area contributed by atoms with E-state index in [0.717, 1.165) is 6.92 Å². The van der Waals surface area contributed by atoms with E-state index in [0.29, 0.717) is 0 Å². The number of rotatable bonds is 0. The van der Waals surface area contributed by atoms with Crippen LogP contribution in [0.3, 0.4) is 0 Å². The topological polar surface area (TPSA) is 26.3 Å². The van der Waals surface area contributed by atoms with Crippen molar-refractivity contribution in [3.63, 3.8) is 0 Å². The second-order valence-corrected chi connectivity index (χ2v) is 3.22. The number of alkyl halides is 3. The van der Waals surface area contributed by atoms with E-state index in [-0.39, 0.29) is 19.5 Å². The normalized spacial score (nSPS) is 9.78. The van der Waals surface area contributed by atoms with Crippen LogP contribution >= 0.6 is 34.8 Å². The minimum atomic E-state index is -1.91. The van der Waals surface area contributed by atoms with Crippen LogP contribution in [0.1, 0.15) is 6.92 Å². The Morgan fingerprint density at radius 3 is 1.78 bits per heavy atom. The van der Waals surface area contributed by atoms with E-state index in [1.54, 1.807) is 0 Å². The minimum Gasteiger partial charge on any atom is -0.415 e. The minimum absolute atomic E-state index is 0. The fraction of sp³-hybridized carbons (Fsp3) is 0.667. The molecule has 9 heavy (non-hydrogen) atoms. The quantitative estimate of drug-likeness (QED) is 0.368. The summed E-state index contributed by atoms with van der Waals surface area (Å²) in [7, 11) is 0. The van der Waals surface area contributed by atoms with Crippen LogP contribution in [0.15, 0.2) is 0 Å². The first-order valence-electron chi connectivity index (χ1n) is 1.68. The van der Waals surface area contributed by atoms with Crippen molar-refractivity contribution in [2.75, 3.05) is 0 Å². The van der Waals surface area contributed by atoms with Crippen LogP contribution in [0.2, 0.25) is 0 Å². The molecule has 0 amide bonds. The number of hydrogen-bond donors (Lipinski definition) is 0. The average Bonchev–Trinajstić information content (AvgIpc) is 1.21. The Labute approximate surface area is 80.5 Å². The molecule has 0 aliphatic heterocycles. The number of ether oxygens (including phenoxy) is 1. The van der Waals surface area contributed by atoms with E-state index in [4.69, 9.17) is 34.8 Å². The summed E-state index contributed by atoms with van der Waals surface area (Å²) < 4.78 is 2.18. The van der Waals surface area contributed by atoms with Gasteiger partial charge in [0.25, 0.3) is 0 Å². The molecule has 0 aromatic rings. The van der Waals surface area contributed by atoms with Gasteiger partial charge in [-0.05, 0) is 34.8 Å². The van der Waals surface area contributed by atoms with Gasteiger partial charge in [0.05, 0.1) is 0 Å². The predicted octanol–water partition coefficient (Wildman–Crippen LogP) is 1.87. The molecule has 0 N–H and O–H groups in total. The third-order valence-corrected chi connectivity index (χ3v) is 0.491. The maximum Gasteiger partial charge on any atom is 0.340 e. The number of halogens is 3. The number of carbonyl (C=O) groups excluding carboxylic acids is 1. The molecule has 0 unspecified atom stereocenters. The third-order valence-electron chi connectivity index (χ3n) is 0.259. The maximum atomic E-state index is 9.98. The Morgan fingerprint density at radius 1 is 1.44 bits per heavy atom. The number of hydrogen-bond acceptors (Lipinski definition) is 2. The molecular weight excluding hydrogens is 240 g/mol. The fourth-order valence-corrected chi connectivity index (χ4v) is 0.489. The summed E-state index contributed by atoms with van der Waals surface area (Å²) in [5.41, 5.74) is 0. The van der Waals surface area contributed by atoms with Crippen molar-refractivity contribution < 1.29 is 29.0 Å². The molecule has 50 valence electrons. The van der Waals surface area contributed by atoms with Crippen molar-refractivity contribution in [1.29, 1.82) is 0 Å². The SMILES string of the molecule is CC(=O)OC(Cl)(Cl)Cl.[Zn]. The van der Waals surface area contributed by atoms with Crippen molar-refractivity contribution in [1.82, 2.24) is 0 Å². The molecule has 0 fully saturated rings. The molecular formula is C3H3Cl3O2Zn. The summed E-state index contributed by atoms with van der Waals surface area (Å²) in [6.07, 6.45) is 0. The summed E-state index contributed by atoms with van der Waals surface area (Å²) >= 11 is 15.0. The zero-order valence-electron chi connectivity index (χ0n) is 4.66. The molecule has 0 rings (SSSR count). The molecule has 0 radical (unpaired) electrons. The van der Waals surface area contributed by atoms with Gasteiger partial charge in [0.15, 0.2) is 0 Å². The average molecular weight is 243 g/mol. The Morgan fingerprint density at radius 2 is 1.78 bits per heavy atom. The first kappa shape index (κ1) is 12.6. The molecule has 0 aromatic heterocycles. The standard InChI is InChI=1S/C3H3Cl3O2.Zn/c1-2(7)8-3(4,5)6;/h1H3;. The van der Waals surface area contributed by atoms with Crippen molar-refractivity contribution in [3.05, 3.63) is 0 Å². The van der Waals surface area contributed by atoms with Crippen LogP contribution in [-0.4, -0.2) is 9.95 Å². The molecule has 0 atom stereocenters. The van der Waals surface area contributed by atoms with Gasteiger partial charge in [-0.2, -0.15) is 0 Å². The smallest absolute Gasteiger partial charge is 0.340 e. The van der Waals surface area contributed by atoms with E-state index in [9.17, 15) is 4.79 Å². The Balaban J connectivity index is 0. The van der Waals surface area contributed by atoms with Gasteiger partial charge >= 0.3 is 9.95 Å². The van der Waals surface area contributed by atoms with E-state index in [1.807, 2.05) is 0 Å². The van der Waals surface area contributed by atoms with Gasteiger partial charge in [-0.25, -0.2) is 0 Å². The molecule has 0 bridgehead atoms. The van der Waals surface area contributed by atoms with Gasteiger partial charge in [-0.15, -0.1) is 0 Å². The predicted molar refractivity (Wildman–Crippen MR) is 32.1 cm³/mol. The zero-order chi connectivity index (χ0) is 6.78. The maximum absolute atomic E-state index is 9.98. The van der Waals surface area contributed by atoms with Crippen molar-refractivity contribution in [2.24, 2.45) is 0 Å². The summed E-state index contributed by atoms with van der Waals surface area (Å²) in [5.74, 6) is -0.620. The van der Waals surface area contributed by atoms with Crippen LogP contribution in [0.4, 0.5) is 0 Å². The molecule has 0 heterocycles. The van der Waals surface area contributed by atoms with Gasteiger partial charge in [0.2, 0.25) is 0 Å². The summed E-state index contributed by atoms with van der Waals surface area (Å²) in [4.78, 5) is 9.98. The first-order valence-corrected chi connectivity index (χ1v) is 2.81. The van der Waals surface area contributed by atoms with Crippen LogP contribution < -0.4 is 0 Å². The zero-order valence-corrected chi connectivity index (χ0v) is 9.89. The van der Waals surface area contributed by atoms with Gasteiger partial charge in [0, 0.05) is 26.4 Å². The second-order valence-electron chi connectivity index (χ2n) is 1.04. The molecule has 0 saturated heterocycles. The van der Waals surface area contributed by atoms with Gasteiger partial charge < -0.3 is 4.74 Å². The molecule has 2 nitrogen and oxygen atoms in total. The fourth-order valence-electron chi connectivity index (χ4n) is 0.163. The second kappa shape index (κ2) is 4.73. The summed E-state index contributed by atoms with van der Waals surface area (Å²) in [6.45, 7) is 1.15. The van der Waals surface area contributed by atoms with Crippen LogP contribution in [0, 0.1) is 0 Å². The summed E-state index contributed by atoms with van der Waals surface area (Å²) in [6, 6.07) is 0. The molecule has 0 spiro atoms. The molecule has 0 aromatic carbocycles. The largest absolute Gasteiger partial charge is 0.415 e. The third kappa shape index (κ3) is 12.2. The van der Waals surface area contributed by atoms with E-state index < -0.39 is 9.95 Å². The monoisotopic (exact) mass is 240 g/mol. The molecule has 0 aliphatic carbocycles. The molecule has 6 heteroatoms. The van der Waals surface area contributed by atoms with Crippen molar-refractivity contribution in [3.8, 4) is 0 Å². The summed E-state index contributed by atoms with van der Waals surface area (Å²) in [5, 5.41) is 0. The van der Waals surface area contributed by atoms with Gasteiger partial charge in [-0.1, -0.05) is 0 Å². The van der Waals surface area contributed by atoms with E-state index in [2.05, 4.69) is 4.74 Å². The van der Waals surface area contributed by atoms with Crippen LogP contribution in [0.5, 0.6) is 0 Å². The van der Waals surface area contributed by atoms with Crippen molar-refractivity contribution >= 4 is 40.8 Å². The van der Waals surface area contributed by atoms with Crippen LogP contribution in [0.25, 0.3) is 0 Å². The van der Waals surface area contributed by atoms with Gasteiger partial charge in [-0.3, -0.25) is 4.79 Å². The Bertz CT molecular complexity index is 99.7. The van der Waals surface area contributed by atoms with Crippen molar-refractivity contribution in [2.45, 2.75) is 10.9 Å². The molecule has 0 aliphatic rings. The number of carbonyl (C=O) groups is 1. The van der Waals surface area contributed by atoms with E-state index in [1.165, 1.54) is 0 Å². The van der Waals surface area contributed by atoms with Crippen LogP contribution in [-0.2, 0) is 29.0 Å². The number of esters is 1. The Hall–Kier alpha value is 0.963. The van der Waals surface area contributed by atoms with E-state index >= 15 is 0 Å².